The minimum atomic E-state index is -3.14. The first-order valence-corrected chi connectivity index (χ1v) is 11.0. The van der Waals surface area contributed by atoms with E-state index in [1.165, 1.54) is 11.3 Å². The van der Waals surface area contributed by atoms with Gasteiger partial charge in [0.15, 0.2) is 9.84 Å². The fourth-order valence-corrected chi connectivity index (χ4v) is 6.29. The van der Waals surface area contributed by atoms with Gasteiger partial charge in [0.1, 0.15) is 5.69 Å². The lowest BCUT2D eigenvalue weighted by Gasteiger charge is -2.43. The van der Waals surface area contributed by atoms with E-state index >= 15 is 0 Å². The Morgan fingerprint density at radius 2 is 1.92 bits per heavy atom. The second-order valence-corrected chi connectivity index (χ2v) is 9.41. The summed E-state index contributed by atoms with van der Waals surface area (Å²) in [4.78, 5) is 20.7. The lowest BCUT2D eigenvalue weighted by molar-refractivity contribution is 0.0302. The highest BCUT2D eigenvalue weighted by Gasteiger charge is 2.48. The quantitative estimate of drug-likeness (QED) is 0.806. The maximum Gasteiger partial charge on any atom is 0.273 e. The van der Waals surface area contributed by atoms with Crippen molar-refractivity contribution in [3.8, 4) is 0 Å². The third-order valence-electron chi connectivity index (χ3n) is 4.93. The van der Waals surface area contributed by atoms with E-state index in [1.807, 2.05) is 30.3 Å². The van der Waals surface area contributed by atoms with E-state index < -0.39 is 9.84 Å². The van der Waals surface area contributed by atoms with Crippen molar-refractivity contribution in [1.82, 2.24) is 14.8 Å². The van der Waals surface area contributed by atoms with E-state index in [-0.39, 0.29) is 29.5 Å². The number of nitrogens with zero attached hydrogens (tertiary/aromatic N) is 3. The average molecular weight is 377 g/mol. The van der Waals surface area contributed by atoms with E-state index in [9.17, 15) is 13.2 Å². The summed E-state index contributed by atoms with van der Waals surface area (Å²) in [6.45, 7) is 1.90. The van der Waals surface area contributed by atoms with Gasteiger partial charge in [-0.3, -0.25) is 9.69 Å². The number of carbonyl (C=O) groups excluding carboxylic acids is 1. The molecule has 6 nitrogen and oxygen atoms in total. The van der Waals surface area contributed by atoms with Crippen LogP contribution in [0.2, 0.25) is 0 Å². The summed E-state index contributed by atoms with van der Waals surface area (Å²) in [5.41, 5.74) is 3.19. The number of fused-ring (bicyclic) bond motifs is 1. The highest BCUT2D eigenvalue weighted by atomic mass is 32.2. The third kappa shape index (κ3) is 3.33. The van der Waals surface area contributed by atoms with E-state index in [1.54, 1.807) is 15.8 Å². The Balaban J connectivity index is 1.59. The van der Waals surface area contributed by atoms with Crippen LogP contribution in [0.15, 0.2) is 41.2 Å². The minimum Gasteiger partial charge on any atom is -0.330 e. The Bertz CT molecular complexity index is 853. The normalized spacial score (nSPS) is 25.7. The van der Waals surface area contributed by atoms with Crippen molar-refractivity contribution in [2.75, 3.05) is 24.6 Å². The van der Waals surface area contributed by atoms with Gasteiger partial charge in [-0.1, -0.05) is 30.3 Å². The Hall–Kier alpha value is -1.77. The molecule has 1 aromatic carbocycles. The molecule has 2 aliphatic heterocycles. The number of benzene rings is 1. The van der Waals surface area contributed by atoms with Gasteiger partial charge in [0, 0.05) is 31.1 Å². The van der Waals surface area contributed by atoms with Crippen LogP contribution in [0.3, 0.4) is 0 Å². The number of sulfone groups is 1. The van der Waals surface area contributed by atoms with Crippen molar-refractivity contribution in [2.45, 2.75) is 18.6 Å². The van der Waals surface area contributed by atoms with Gasteiger partial charge in [-0.15, -0.1) is 11.3 Å². The number of rotatable bonds is 3. The standard InChI is InChI=1S/C17H19N3O3S2/c21-17(14-9-24-12-18-14)20-7-6-19(8-13-4-2-1-3-5-13)15-10-25(22,23)11-16(15)20/h1-5,9,12,15-16H,6-8,10-11H2. The highest BCUT2D eigenvalue weighted by Crippen LogP contribution is 2.29. The molecule has 8 heteroatoms. The van der Waals surface area contributed by atoms with Crippen molar-refractivity contribution in [3.05, 3.63) is 52.5 Å². The molecule has 0 saturated carbocycles. The molecule has 2 fully saturated rings. The van der Waals surface area contributed by atoms with Crippen LogP contribution >= 0.6 is 11.3 Å². The molecule has 3 heterocycles. The Labute approximate surface area is 151 Å². The van der Waals surface area contributed by atoms with Crippen LogP contribution in [0.1, 0.15) is 16.1 Å². The number of aromatic nitrogens is 1. The lowest BCUT2D eigenvalue weighted by atomic mass is 10.0. The molecular formula is C17H19N3O3S2. The summed E-state index contributed by atoms with van der Waals surface area (Å²) in [5.74, 6) is -0.00260. The second kappa shape index (κ2) is 6.51. The molecule has 0 bridgehead atoms. The number of amides is 1. The molecule has 2 atom stereocenters. The van der Waals surface area contributed by atoms with Gasteiger partial charge in [0.25, 0.3) is 5.91 Å². The Kier molecular flexibility index (Phi) is 4.35. The number of hydrogen-bond donors (Lipinski definition) is 0. The molecule has 0 aliphatic carbocycles. The monoisotopic (exact) mass is 377 g/mol. The summed E-state index contributed by atoms with van der Waals surface area (Å²) < 4.78 is 24.5. The van der Waals surface area contributed by atoms with Crippen molar-refractivity contribution >= 4 is 27.1 Å². The van der Waals surface area contributed by atoms with Crippen LogP contribution in [-0.2, 0) is 16.4 Å². The number of thiazole rings is 1. The maximum absolute atomic E-state index is 12.7. The average Bonchev–Trinajstić information content (AvgIpc) is 3.22. The topological polar surface area (TPSA) is 70.6 Å². The van der Waals surface area contributed by atoms with Crippen LogP contribution in [-0.4, -0.2) is 65.8 Å². The van der Waals surface area contributed by atoms with Crippen molar-refractivity contribution in [3.63, 3.8) is 0 Å². The number of carbonyl (C=O) groups is 1. The van der Waals surface area contributed by atoms with Gasteiger partial charge in [0.2, 0.25) is 0 Å². The lowest BCUT2D eigenvalue weighted by Crippen LogP contribution is -2.60. The van der Waals surface area contributed by atoms with Crippen LogP contribution in [0.5, 0.6) is 0 Å². The molecule has 0 radical (unpaired) electrons. The molecule has 1 aromatic heterocycles. The van der Waals surface area contributed by atoms with Gasteiger partial charge < -0.3 is 4.90 Å². The largest absolute Gasteiger partial charge is 0.330 e. The SMILES string of the molecule is O=C(c1cscn1)N1CCN(Cc2ccccc2)C2CS(=O)(=O)CC21. The smallest absolute Gasteiger partial charge is 0.273 e. The summed E-state index contributed by atoms with van der Waals surface area (Å²) >= 11 is 1.37. The first kappa shape index (κ1) is 16.7. The van der Waals surface area contributed by atoms with Gasteiger partial charge in [-0.05, 0) is 5.56 Å². The zero-order chi connectivity index (χ0) is 17.4. The summed E-state index contributed by atoms with van der Waals surface area (Å²) in [7, 11) is -3.14. The molecule has 4 rings (SSSR count). The van der Waals surface area contributed by atoms with Crippen LogP contribution in [0.25, 0.3) is 0 Å². The zero-order valence-corrected chi connectivity index (χ0v) is 15.2. The predicted octanol–water partition coefficient (Wildman–Crippen LogP) is 1.27. The van der Waals surface area contributed by atoms with Crippen LogP contribution in [0.4, 0.5) is 0 Å². The number of piperazine rings is 1. The summed E-state index contributed by atoms with van der Waals surface area (Å²) in [5, 5.41) is 1.72. The molecule has 2 unspecified atom stereocenters. The molecule has 1 amide bonds. The summed E-state index contributed by atoms with van der Waals surface area (Å²) in [6, 6.07) is 9.59. The Morgan fingerprint density at radius 3 is 2.64 bits per heavy atom. The molecular weight excluding hydrogens is 358 g/mol. The predicted molar refractivity (Wildman–Crippen MR) is 96.2 cm³/mol. The molecule has 2 aliphatic rings. The second-order valence-electron chi connectivity index (χ2n) is 6.54. The van der Waals surface area contributed by atoms with Gasteiger partial charge >= 0.3 is 0 Å². The van der Waals surface area contributed by atoms with E-state index in [4.69, 9.17) is 0 Å². The first-order valence-electron chi connectivity index (χ1n) is 8.21. The number of hydrogen-bond acceptors (Lipinski definition) is 6. The van der Waals surface area contributed by atoms with E-state index in [2.05, 4.69) is 9.88 Å². The van der Waals surface area contributed by atoms with Crippen LogP contribution < -0.4 is 0 Å². The van der Waals surface area contributed by atoms with Gasteiger partial charge in [-0.2, -0.15) is 0 Å². The van der Waals surface area contributed by atoms with Crippen LogP contribution in [0, 0.1) is 0 Å². The zero-order valence-electron chi connectivity index (χ0n) is 13.6. The Morgan fingerprint density at radius 1 is 1.16 bits per heavy atom. The molecule has 132 valence electrons. The van der Waals surface area contributed by atoms with E-state index in [0.717, 1.165) is 5.56 Å². The third-order valence-corrected chi connectivity index (χ3v) is 7.22. The van der Waals surface area contributed by atoms with Crippen molar-refractivity contribution in [1.29, 1.82) is 0 Å². The molecule has 0 N–H and O–H groups in total. The maximum atomic E-state index is 12.7. The summed E-state index contributed by atoms with van der Waals surface area (Å²) in [6.07, 6.45) is 0. The van der Waals surface area contributed by atoms with Gasteiger partial charge in [0.05, 0.1) is 23.1 Å². The minimum absolute atomic E-state index is 0.0405. The highest BCUT2D eigenvalue weighted by molar-refractivity contribution is 7.91. The fraction of sp³-hybridized carbons (Fsp3) is 0.412. The molecule has 2 saturated heterocycles. The van der Waals surface area contributed by atoms with Crippen molar-refractivity contribution in [2.24, 2.45) is 0 Å². The molecule has 2 aromatic rings. The molecule has 0 spiro atoms. The van der Waals surface area contributed by atoms with Crippen molar-refractivity contribution < 1.29 is 13.2 Å². The van der Waals surface area contributed by atoms with E-state index in [0.29, 0.717) is 25.3 Å². The molecule has 25 heavy (non-hydrogen) atoms. The first-order chi connectivity index (χ1) is 12.0. The fourth-order valence-electron chi connectivity index (χ4n) is 3.76. The van der Waals surface area contributed by atoms with Gasteiger partial charge in [-0.25, -0.2) is 13.4 Å².